The van der Waals surface area contributed by atoms with Gasteiger partial charge in [-0.05, 0) is 31.5 Å². The Morgan fingerprint density at radius 2 is 1.87 bits per heavy atom. The Labute approximate surface area is 188 Å². The Morgan fingerprint density at radius 3 is 2.48 bits per heavy atom. The third kappa shape index (κ3) is 3.70. The molecule has 1 atom stereocenters. The first kappa shape index (κ1) is 21.4. The number of aromatic nitrogens is 3. The molecule has 0 radical (unpaired) electrons. The number of halogens is 1. The molecular formula is C22H21ClN4O3S. The summed E-state index contributed by atoms with van der Waals surface area (Å²) in [7, 11) is 0. The number of aliphatic imine (C=N–C) groups is 1. The van der Waals surface area contributed by atoms with E-state index in [1.807, 2.05) is 44.4 Å². The van der Waals surface area contributed by atoms with Gasteiger partial charge >= 0.3 is 5.97 Å². The molecule has 9 heteroatoms. The predicted octanol–water partition coefficient (Wildman–Crippen LogP) is 4.80. The van der Waals surface area contributed by atoms with Crippen LogP contribution in [0.2, 0.25) is 5.02 Å². The zero-order valence-electron chi connectivity index (χ0n) is 17.5. The van der Waals surface area contributed by atoms with Crippen LogP contribution in [0.1, 0.15) is 64.3 Å². The van der Waals surface area contributed by atoms with Crippen molar-refractivity contribution in [3.8, 4) is 5.00 Å². The van der Waals surface area contributed by atoms with Crippen LogP contribution in [-0.2, 0) is 4.79 Å². The van der Waals surface area contributed by atoms with Crippen molar-refractivity contribution in [2.75, 3.05) is 0 Å². The highest BCUT2D eigenvalue weighted by atomic mass is 35.5. The zero-order chi connectivity index (χ0) is 22.4. The van der Waals surface area contributed by atoms with Crippen LogP contribution in [0.3, 0.4) is 0 Å². The normalized spacial score (nSPS) is 15.3. The number of hydrogen-bond acceptors (Lipinski definition) is 6. The molecule has 1 aliphatic heterocycles. The number of carbonyl (C=O) groups is 2. The molecule has 0 unspecified atom stereocenters. The van der Waals surface area contributed by atoms with Gasteiger partial charge in [0.1, 0.15) is 16.9 Å². The van der Waals surface area contributed by atoms with E-state index in [0.717, 1.165) is 21.7 Å². The first-order valence-corrected chi connectivity index (χ1v) is 11.0. The third-order valence-electron chi connectivity index (χ3n) is 5.23. The maximum absolute atomic E-state index is 12.9. The van der Waals surface area contributed by atoms with Gasteiger partial charge in [0.25, 0.3) is 0 Å². The molecular weight excluding hydrogens is 436 g/mol. The number of rotatable bonds is 5. The summed E-state index contributed by atoms with van der Waals surface area (Å²) in [6.07, 6.45) is -0.221. The lowest BCUT2D eigenvalue weighted by Gasteiger charge is -2.11. The summed E-state index contributed by atoms with van der Waals surface area (Å²) in [6, 6.07) is 6.52. The van der Waals surface area contributed by atoms with Gasteiger partial charge in [-0.15, -0.1) is 21.5 Å². The van der Waals surface area contributed by atoms with Gasteiger partial charge in [0.05, 0.1) is 17.0 Å². The molecule has 7 nitrogen and oxygen atoms in total. The van der Waals surface area contributed by atoms with E-state index in [-0.39, 0.29) is 18.1 Å². The number of ketones is 1. The Hall–Kier alpha value is -2.84. The molecule has 160 valence electrons. The highest BCUT2D eigenvalue weighted by Gasteiger charge is 2.34. The molecule has 4 rings (SSSR count). The van der Waals surface area contributed by atoms with E-state index < -0.39 is 12.0 Å². The van der Waals surface area contributed by atoms with Crippen LogP contribution in [-0.4, -0.2) is 37.3 Å². The second-order valence-electron chi connectivity index (χ2n) is 7.79. The van der Waals surface area contributed by atoms with Crippen LogP contribution >= 0.6 is 22.9 Å². The van der Waals surface area contributed by atoms with E-state index in [1.165, 1.54) is 11.3 Å². The van der Waals surface area contributed by atoms with Crippen LogP contribution in [0, 0.1) is 19.8 Å². The highest BCUT2D eigenvalue weighted by molar-refractivity contribution is 7.17. The number of aryl methyl sites for hydroxylation is 1. The summed E-state index contributed by atoms with van der Waals surface area (Å²) in [6.45, 7) is 7.47. The molecule has 0 saturated carbocycles. The minimum atomic E-state index is -0.978. The smallest absolute Gasteiger partial charge is 0.306 e. The van der Waals surface area contributed by atoms with Crippen LogP contribution in [0.15, 0.2) is 29.3 Å². The topological polar surface area (TPSA) is 97.4 Å². The molecule has 1 aliphatic rings. The fourth-order valence-corrected chi connectivity index (χ4v) is 5.26. The Balaban J connectivity index is 2.05. The van der Waals surface area contributed by atoms with E-state index >= 15 is 0 Å². The van der Waals surface area contributed by atoms with E-state index in [1.54, 1.807) is 12.1 Å². The Bertz CT molecular complexity index is 1220. The number of benzene rings is 1. The SMILES string of the molecule is Cc1c(C(=O)C(C)C)sc2c1C(c1ccc(Cl)cc1)=N[C@@H](CC(=O)O)c1nnc(C)n1-2. The van der Waals surface area contributed by atoms with Gasteiger partial charge in [-0.25, -0.2) is 0 Å². The van der Waals surface area contributed by atoms with Crippen molar-refractivity contribution < 1.29 is 14.7 Å². The summed E-state index contributed by atoms with van der Waals surface area (Å²) < 4.78 is 1.84. The number of nitrogens with zero attached hydrogens (tertiary/aromatic N) is 4. The van der Waals surface area contributed by atoms with Gasteiger partial charge in [0.15, 0.2) is 11.6 Å². The molecule has 3 heterocycles. The minimum absolute atomic E-state index is 0.0559. The van der Waals surface area contributed by atoms with E-state index in [9.17, 15) is 14.7 Å². The number of thiophene rings is 1. The van der Waals surface area contributed by atoms with Crippen LogP contribution in [0.4, 0.5) is 0 Å². The molecule has 1 N–H and O–H groups in total. The zero-order valence-corrected chi connectivity index (χ0v) is 19.1. The van der Waals surface area contributed by atoms with Crippen LogP contribution < -0.4 is 0 Å². The van der Waals surface area contributed by atoms with Crippen molar-refractivity contribution in [2.45, 2.75) is 40.2 Å². The summed E-state index contributed by atoms with van der Waals surface area (Å²) in [5, 5.41) is 19.3. The summed E-state index contributed by atoms with van der Waals surface area (Å²) in [5.41, 5.74) is 3.04. The number of carboxylic acid groups (broad SMARTS) is 1. The molecule has 3 aromatic rings. The number of Topliss-reactive ketones (excluding diaryl/α,β-unsaturated/α-hetero) is 1. The van der Waals surface area contributed by atoms with Gasteiger partial charge < -0.3 is 5.11 Å². The molecule has 0 bridgehead atoms. The molecule has 2 aromatic heterocycles. The number of carboxylic acids is 1. The maximum Gasteiger partial charge on any atom is 0.306 e. The van der Waals surface area contributed by atoms with Crippen molar-refractivity contribution in [2.24, 2.45) is 10.9 Å². The summed E-state index contributed by atoms with van der Waals surface area (Å²) in [4.78, 5) is 30.1. The van der Waals surface area contributed by atoms with E-state index in [0.29, 0.717) is 27.3 Å². The van der Waals surface area contributed by atoms with Crippen LogP contribution in [0.5, 0.6) is 0 Å². The monoisotopic (exact) mass is 456 g/mol. The second kappa shape index (κ2) is 8.01. The van der Waals surface area contributed by atoms with E-state index in [2.05, 4.69) is 10.2 Å². The first-order valence-electron chi connectivity index (χ1n) is 9.84. The number of carbonyl (C=O) groups excluding carboxylic acids is 1. The van der Waals surface area contributed by atoms with Crippen molar-refractivity contribution in [3.05, 3.63) is 62.5 Å². The van der Waals surface area contributed by atoms with E-state index in [4.69, 9.17) is 16.6 Å². The second-order valence-corrected chi connectivity index (χ2v) is 9.23. The fraction of sp³-hybridized carbons (Fsp3) is 0.318. The van der Waals surface area contributed by atoms with Crippen molar-refractivity contribution in [1.29, 1.82) is 0 Å². The van der Waals surface area contributed by atoms with Crippen molar-refractivity contribution in [3.63, 3.8) is 0 Å². The molecule has 0 spiro atoms. The molecule has 31 heavy (non-hydrogen) atoms. The Morgan fingerprint density at radius 1 is 1.19 bits per heavy atom. The van der Waals surface area contributed by atoms with Gasteiger partial charge in [-0.3, -0.25) is 19.1 Å². The standard InChI is InChI=1S/C22H21ClN4O3S/c1-10(2)19(30)20-11(3)17-18(13-5-7-14(23)8-6-13)24-15(9-16(28)29)21-26-25-12(4)27(21)22(17)31-20/h5-8,10,15H,9H2,1-4H3,(H,28,29)/t15-/m0/s1. The lowest BCUT2D eigenvalue weighted by molar-refractivity contribution is -0.137. The first-order chi connectivity index (χ1) is 14.7. The summed E-state index contributed by atoms with van der Waals surface area (Å²) in [5.74, 6) is -0.00787. The highest BCUT2D eigenvalue weighted by Crippen LogP contribution is 2.40. The lowest BCUT2D eigenvalue weighted by Crippen LogP contribution is -2.11. The Kier molecular flexibility index (Phi) is 5.53. The molecule has 0 amide bonds. The number of fused-ring (bicyclic) bond motifs is 3. The average molecular weight is 457 g/mol. The lowest BCUT2D eigenvalue weighted by atomic mass is 9.97. The van der Waals surface area contributed by atoms with Crippen LogP contribution in [0.25, 0.3) is 5.00 Å². The molecule has 1 aromatic carbocycles. The third-order valence-corrected chi connectivity index (χ3v) is 6.78. The molecule has 0 aliphatic carbocycles. The summed E-state index contributed by atoms with van der Waals surface area (Å²) >= 11 is 7.46. The number of hydrogen-bond donors (Lipinski definition) is 1. The predicted molar refractivity (Wildman–Crippen MR) is 120 cm³/mol. The largest absolute Gasteiger partial charge is 0.481 e. The minimum Gasteiger partial charge on any atom is -0.481 e. The number of aliphatic carboxylic acids is 1. The van der Waals surface area contributed by atoms with Gasteiger partial charge in [-0.1, -0.05) is 37.6 Å². The van der Waals surface area contributed by atoms with Gasteiger partial charge in [-0.2, -0.15) is 0 Å². The molecule has 0 saturated heterocycles. The van der Waals surface area contributed by atoms with Gasteiger partial charge in [0, 0.05) is 22.1 Å². The van der Waals surface area contributed by atoms with Gasteiger partial charge in [0.2, 0.25) is 0 Å². The van der Waals surface area contributed by atoms with Crippen molar-refractivity contribution >= 4 is 40.4 Å². The fourth-order valence-electron chi connectivity index (χ4n) is 3.68. The average Bonchev–Trinajstić information content (AvgIpc) is 3.20. The molecule has 0 fully saturated rings. The quantitative estimate of drug-likeness (QED) is 0.556. The van der Waals surface area contributed by atoms with Crippen molar-refractivity contribution in [1.82, 2.24) is 14.8 Å². The maximum atomic E-state index is 12.9.